The molecular formula is C9H13N3OS. The van der Waals surface area contributed by atoms with Crippen molar-refractivity contribution in [2.75, 3.05) is 18.2 Å². The fraction of sp³-hybridized carbons (Fsp3) is 0.778. The third kappa shape index (κ3) is 1.72. The van der Waals surface area contributed by atoms with Crippen LogP contribution in [-0.4, -0.2) is 41.1 Å². The maximum absolute atomic E-state index is 11.9. The van der Waals surface area contributed by atoms with Crippen LogP contribution in [0.25, 0.3) is 0 Å². The van der Waals surface area contributed by atoms with Crippen LogP contribution in [0.2, 0.25) is 0 Å². The number of carbonyl (C=O) groups is 1. The van der Waals surface area contributed by atoms with E-state index in [1.165, 1.54) is 0 Å². The molecule has 1 amide bonds. The Kier molecular flexibility index (Phi) is 2.94. The first-order chi connectivity index (χ1) is 6.83. The van der Waals surface area contributed by atoms with Crippen molar-refractivity contribution in [2.45, 2.75) is 24.9 Å². The number of thioether (sulfide) groups is 1. The molecule has 0 bridgehead atoms. The Bertz CT molecular complexity index is 270. The molecule has 2 aliphatic rings. The molecule has 0 radical (unpaired) electrons. The zero-order chi connectivity index (χ0) is 9.97. The van der Waals surface area contributed by atoms with Crippen molar-refractivity contribution in [3.8, 4) is 6.07 Å². The molecule has 1 N–H and O–H groups in total. The van der Waals surface area contributed by atoms with Gasteiger partial charge in [-0.3, -0.25) is 10.1 Å². The molecule has 4 nitrogen and oxygen atoms in total. The fourth-order valence-corrected chi connectivity index (χ4v) is 2.85. The Labute approximate surface area is 87.6 Å². The van der Waals surface area contributed by atoms with Crippen molar-refractivity contribution in [1.82, 2.24) is 10.2 Å². The van der Waals surface area contributed by atoms with Gasteiger partial charge in [-0.1, -0.05) is 0 Å². The molecule has 5 heteroatoms. The summed E-state index contributed by atoms with van der Waals surface area (Å²) in [6, 6.07) is 1.94. The van der Waals surface area contributed by atoms with Crippen LogP contribution in [0.1, 0.15) is 12.8 Å². The second-order valence-corrected chi connectivity index (χ2v) is 4.62. The van der Waals surface area contributed by atoms with E-state index in [9.17, 15) is 4.79 Å². The van der Waals surface area contributed by atoms with Crippen molar-refractivity contribution in [3.05, 3.63) is 0 Å². The van der Waals surface area contributed by atoms with Gasteiger partial charge in [0.25, 0.3) is 0 Å². The van der Waals surface area contributed by atoms with Crippen molar-refractivity contribution in [3.63, 3.8) is 0 Å². The van der Waals surface area contributed by atoms with E-state index < -0.39 is 0 Å². The highest BCUT2D eigenvalue weighted by Gasteiger charge is 2.34. The van der Waals surface area contributed by atoms with E-state index >= 15 is 0 Å². The topological polar surface area (TPSA) is 56.1 Å². The van der Waals surface area contributed by atoms with Gasteiger partial charge in [0.1, 0.15) is 6.04 Å². The summed E-state index contributed by atoms with van der Waals surface area (Å²) in [5.41, 5.74) is 0. The summed E-state index contributed by atoms with van der Waals surface area (Å²) in [5.74, 6) is 1.80. The van der Waals surface area contributed by atoms with Gasteiger partial charge in [0, 0.05) is 18.2 Å². The summed E-state index contributed by atoms with van der Waals surface area (Å²) >= 11 is 1.74. The van der Waals surface area contributed by atoms with Gasteiger partial charge >= 0.3 is 0 Å². The van der Waals surface area contributed by atoms with Gasteiger partial charge in [-0.15, -0.1) is 11.8 Å². The van der Waals surface area contributed by atoms with Gasteiger partial charge in [0.15, 0.2) is 0 Å². The van der Waals surface area contributed by atoms with Gasteiger partial charge in [0.2, 0.25) is 5.91 Å². The highest BCUT2D eigenvalue weighted by Crippen LogP contribution is 2.20. The third-order valence-electron chi connectivity index (χ3n) is 2.70. The molecule has 2 saturated heterocycles. The molecule has 0 spiro atoms. The van der Waals surface area contributed by atoms with E-state index in [-0.39, 0.29) is 18.0 Å². The van der Waals surface area contributed by atoms with E-state index in [0.29, 0.717) is 0 Å². The van der Waals surface area contributed by atoms with E-state index in [1.807, 2.05) is 0 Å². The van der Waals surface area contributed by atoms with Crippen molar-refractivity contribution in [2.24, 2.45) is 0 Å². The second kappa shape index (κ2) is 4.20. The first-order valence-electron chi connectivity index (χ1n) is 4.84. The zero-order valence-corrected chi connectivity index (χ0v) is 8.72. The molecule has 0 aromatic rings. The summed E-state index contributed by atoms with van der Waals surface area (Å²) < 4.78 is 0. The number of carbonyl (C=O) groups excluding carboxylic acids is 1. The summed E-state index contributed by atoms with van der Waals surface area (Å²) in [5, 5.41) is 12.0. The van der Waals surface area contributed by atoms with Crippen LogP contribution in [0.4, 0.5) is 0 Å². The molecule has 14 heavy (non-hydrogen) atoms. The number of likely N-dealkylation sites (tertiary alicyclic amines) is 1. The van der Waals surface area contributed by atoms with Gasteiger partial charge < -0.3 is 4.90 Å². The number of nitrogens with zero attached hydrogens (tertiary/aromatic N) is 2. The Morgan fingerprint density at radius 2 is 2.50 bits per heavy atom. The first-order valence-corrected chi connectivity index (χ1v) is 5.99. The van der Waals surface area contributed by atoms with Gasteiger partial charge in [-0.25, -0.2) is 0 Å². The van der Waals surface area contributed by atoms with E-state index in [4.69, 9.17) is 5.26 Å². The molecule has 0 aromatic carbocycles. The molecule has 0 aliphatic carbocycles. The monoisotopic (exact) mass is 211 g/mol. The Morgan fingerprint density at radius 1 is 1.64 bits per heavy atom. The molecule has 0 saturated carbocycles. The number of hydrogen-bond donors (Lipinski definition) is 1. The van der Waals surface area contributed by atoms with Crippen LogP contribution in [-0.2, 0) is 4.79 Å². The van der Waals surface area contributed by atoms with E-state index in [2.05, 4.69) is 11.4 Å². The standard InChI is InChI=1S/C9H13N3OS/c10-4-7-2-1-3-12(7)9(13)8-5-14-6-11-8/h7-8,11H,1-3,5-6H2. The SMILES string of the molecule is N#CC1CCCN1C(=O)C1CSCN1. The highest BCUT2D eigenvalue weighted by molar-refractivity contribution is 7.99. The largest absolute Gasteiger partial charge is 0.325 e. The van der Waals surface area contributed by atoms with Crippen LogP contribution in [0, 0.1) is 11.3 Å². The third-order valence-corrected chi connectivity index (χ3v) is 3.64. The van der Waals surface area contributed by atoms with Crippen LogP contribution >= 0.6 is 11.8 Å². The Morgan fingerprint density at radius 3 is 3.14 bits per heavy atom. The number of nitriles is 1. The average molecular weight is 211 g/mol. The van der Waals surface area contributed by atoms with E-state index in [1.54, 1.807) is 16.7 Å². The lowest BCUT2D eigenvalue weighted by Crippen LogP contribution is -2.46. The van der Waals surface area contributed by atoms with Crippen molar-refractivity contribution in [1.29, 1.82) is 5.26 Å². The summed E-state index contributed by atoms with van der Waals surface area (Å²) in [6.45, 7) is 0.750. The maximum atomic E-state index is 11.9. The molecular weight excluding hydrogens is 198 g/mol. The maximum Gasteiger partial charge on any atom is 0.241 e. The molecule has 0 aromatic heterocycles. The smallest absolute Gasteiger partial charge is 0.241 e. The van der Waals surface area contributed by atoms with Crippen molar-refractivity contribution >= 4 is 17.7 Å². The normalized spacial score (nSPS) is 31.8. The Hall–Kier alpha value is -0.730. The van der Waals surface area contributed by atoms with Crippen LogP contribution in [0.5, 0.6) is 0 Å². The molecule has 2 heterocycles. The lowest BCUT2D eigenvalue weighted by molar-refractivity contribution is -0.132. The van der Waals surface area contributed by atoms with Crippen molar-refractivity contribution < 1.29 is 4.79 Å². The average Bonchev–Trinajstić information content (AvgIpc) is 2.87. The molecule has 2 fully saturated rings. The summed E-state index contributed by atoms with van der Waals surface area (Å²) in [4.78, 5) is 13.6. The number of amides is 1. The predicted octanol–water partition coefficient (Wildman–Crippen LogP) is 0.163. The van der Waals surface area contributed by atoms with Gasteiger partial charge in [-0.2, -0.15) is 5.26 Å². The molecule has 2 rings (SSSR count). The summed E-state index contributed by atoms with van der Waals surface area (Å²) in [7, 11) is 0. The second-order valence-electron chi connectivity index (χ2n) is 3.59. The minimum absolute atomic E-state index is 0.0612. The van der Waals surface area contributed by atoms with Crippen LogP contribution in [0.3, 0.4) is 0 Å². The zero-order valence-electron chi connectivity index (χ0n) is 7.90. The molecule has 2 atom stereocenters. The van der Waals surface area contributed by atoms with Crippen LogP contribution < -0.4 is 5.32 Å². The predicted molar refractivity (Wildman–Crippen MR) is 54.6 cm³/mol. The Balaban J connectivity index is 2.00. The molecule has 2 unspecified atom stereocenters. The molecule has 2 aliphatic heterocycles. The van der Waals surface area contributed by atoms with Crippen LogP contribution in [0.15, 0.2) is 0 Å². The number of rotatable bonds is 1. The van der Waals surface area contributed by atoms with Gasteiger partial charge in [-0.05, 0) is 12.8 Å². The molecule has 76 valence electrons. The number of nitrogens with one attached hydrogen (secondary N) is 1. The summed E-state index contributed by atoms with van der Waals surface area (Å²) in [6.07, 6.45) is 1.80. The lowest BCUT2D eigenvalue weighted by atomic mass is 10.2. The van der Waals surface area contributed by atoms with E-state index in [0.717, 1.165) is 31.0 Å². The highest BCUT2D eigenvalue weighted by atomic mass is 32.2. The quantitative estimate of drug-likeness (QED) is 0.671. The lowest BCUT2D eigenvalue weighted by Gasteiger charge is -2.22. The number of hydrogen-bond acceptors (Lipinski definition) is 4. The minimum Gasteiger partial charge on any atom is -0.325 e. The van der Waals surface area contributed by atoms with Gasteiger partial charge in [0.05, 0.1) is 12.1 Å². The first kappa shape index (κ1) is 9.81. The minimum atomic E-state index is -0.185. The fourth-order valence-electron chi connectivity index (χ4n) is 1.92.